The molecule has 0 aromatic carbocycles. The first-order chi connectivity index (χ1) is 3.06. The molecule has 6 heteroatoms. The predicted molar refractivity (Wildman–Crippen MR) is 29.8 cm³/mol. The Kier molecular flexibility index (Phi) is 8.47. The quantitative estimate of drug-likeness (QED) is 0.414. The zero-order chi connectivity index (χ0) is 5.91. The SMILES string of the molecule is CCO[Si](O)(O)O.[K]. The van der Waals surface area contributed by atoms with Crippen LogP contribution in [0.15, 0.2) is 0 Å². The van der Waals surface area contributed by atoms with Gasteiger partial charge in [-0.15, -0.1) is 0 Å². The topological polar surface area (TPSA) is 69.9 Å². The Morgan fingerprint density at radius 1 is 1.38 bits per heavy atom. The zero-order valence-corrected chi connectivity index (χ0v) is 9.08. The molecular weight excluding hydrogens is 155 g/mol. The summed E-state index contributed by atoms with van der Waals surface area (Å²) in [6.45, 7) is 1.68. The van der Waals surface area contributed by atoms with Gasteiger partial charge in [-0.3, -0.25) is 0 Å². The Morgan fingerprint density at radius 3 is 1.75 bits per heavy atom. The summed E-state index contributed by atoms with van der Waals surface area (Å²) in [5.74, 6) is 0. The van der Waals surface area contributed by atoms with Crippen molar-refractivity contribution in [2.24, 2.45) is 0 Å². The zero-order valence-electron chi connectivity index (χ0n) is 4.96. The Balaban J connectivity index is 0. The van der Waals surface area contributed by atoms with Crippen LogP contribution in [0, 0.1) is 0 Å². The molecule has 0 aliphatic heterocycles. The average Bonchev–Trinajstić information content (AvgIpc) is 1.30. The molecule has 0 aliphatic rings. The van der Waals surface area contributed by atoms with Gasteiger partial charge >= 0.3 is 9.05 Å². The maximum atomic E-state index is 8.05. The molecular formula is C2H8KO4Si. The Labute approximate surface area is 91.4 Å². The second kappa shape index (κ2) is 5.48. The van der Waals surface area contributed by atoms with Crippen LogP contribution in [-0.4, -0.2) is 81.4 Å². The summed E-state index contributed by atoms with van der Waals surface area (Å²) >= 11 is 0. The van der Waals surface area contributed by atoms with E-state index < -0.39 is 9.05 Å². The van der Waals surface area contributed by atoms with E-state index in [1.807, 2.05) is 0 Å². The van der Waals surface area contributed by atoms with E-state index in [0.29, 0.717) is 0 Å². The van der Waals surface area contributed by atoms with Crippen molar-refractivity contribution in [2.75, 3.05) is 6.61 Å². The minimum Gasteiger partial charge on any atom is -0.368 e. The molecule has 0 heterocycles. The van der Waals surface area contributed by atoms with Gasteiger partial charge in [-0.1, -0.05) is 0 Å². The summed E-state index contributed by atoms with van der Waals surface area (Å²) < 4.78 is 4.03. The predicted octanol–water partition coefficient (Wildman–Crippen LogP) is -1.95. The minimum atomic E-state index is -4.16. The number of rotatable bonds is 2. The average molecular weight is 163 g/mol. The maximum absolute atomic E-state index is 8.05. The molecule has 0 unspecified atom stereocenters. The fourth-order valence-electron chi connectivity index (χ4n) is 0.194. The van der Waals surface area contributed by atoms with Crippen molar-refractivity contribution < 1.29 is 18.8 Å². The van der Waals surface area contributed by atoms with E-state index in [0.717, 1.165) is 0 Å². The number of hydrogen-bond acceptors (Lipinski definition) is 4. The van der Waals surface area contributed by atoms with Crippen LogP contribution in [-0.2, 0) is 4.43 Å². The van der Waals surface area contributed by atoms with Crippen molar-refractivity contribution in [1.82, 2.24) is 0 Å². The van der Waals surface area contributed by atoms with Gasteiger partial charge in [0.15, 0.2) is 0 Å². The van der Waals surface area contributed by atoms with Crippen LogP contribution in [0.1, 0.15) is 6.92 Å². The van der Waals surface area contributed by atoms with Gasteiger partial charge in [0, 0.05) is 58.0 Å². The molecule has 8 heavy (non-hydrogen) atoms. The molecule has 1 radical (unpaired) electrons. The first-order valence-corrected chi connectivity index (χ1v) is 3.62. The van der Waals surface area contributed by atoms with Gasteiger partial charge in [0.1, 0.15) is 0 Å². The van der Waals surface area contributed by atoms with Crippen molar-refractivity contribution >= 4 is 60.4 Å². The third-order valence-electron chi connectivity index (χ3n) is 0.338. The summed E-state index contributed by atoms with van der Waals surface area (Å²) in [5, 5.41) is 0. The molecule has 0 aliphatic carbocycles. The molecule has 0 saturated carbocycles. The van der Waals surface area contributed by atoms with Gasteiger partial charge in [0.25, 0.3) is 0 Å². The van der Waals surface area contributed by atoms with Gasteiger partial charge in [0.2, 0.25) is 0 Å². The summed E-state index contributed by atoms with van der Waals surface area (Å²) in [6, 6.07) is 0. The standard InChI is InChI=1S/C2H8O4Si.K/c1-2-6-7(3,4)5;/h3-5H,2H2,1H3;. The Hall–Kier alpha value is 1.69. The van der Waals surface area contributed by atoms with Gasteiger partial charge in [0.05, 0.1) is 0 Å². The largest absolute Gasteiger partial charge is 0.671 e. The molecule has 0 rings (SSSR count). The van der Waals surface area contributed by atoms with E-state index in [1.165, 1.54) is 0 Å². The molecule has 0 saturated heterocycles. The molecule has 45 valence electrons. The smallest absolute Gasteiger partial charge is 0.368 e. The first-order valence-electron chi connectivity index (χ1n) is 1.87. The summed E-state index contributed by atoms with van der Waals surface area (Å²) in [4.78, 5) is 24.1. The van der Waals surface area contributed by atoms with E-state index in [1.54, 1.807) is 6.92 Å². The molecule has 4 nitrogen and oxygen atoms in total. The Morgan fingerprint density at radius 2 is 1.75 bits per heavy atom. The van der Waals surface area contributed by atoms with Gasteiger partial charge in [-0.25, -0.2) is 0 Å². The molecule has 0 amide bonds. The van der Waals surface area contributed by atoms with Crippen molar-refractivity contribution in [3.63, 3.8) is 0 Å². The van der Waals surface area contributed by atoms with E-state index in [2.05, 4.69) is 4.43 Å². The van der Waals surface area contributed by atoms with E-state index >= 15 is 0 Å². The first kappa shape index (κ1) is 12.4. The molecule has 0 atom stereocenters. The summed E-state index contributed by atoms with van der Waals surface area (Å²) in [7, 11) is -4.16. The van der Waals surface area contributed by atoms with Crippen LogP contribution < -0.4 is 0 Å². The van der Waals surface area contributed by atoms with E-state index in [4.69, 9.17) is 14.4 Å². The molecule has 0 aromatic rings. The number of hydrogen-bond donors (Lipinski definition) is 3. The van der Waals surface area contributed by atoms with Gasteiger partial charge in [-0.05, 0) is 6.92 Å². The van der Waals surface area contributed by atoms with Crippen molar-refractivity contribution in [1.29, 1.82) is 0 Å². The van der Waals surface area contributed by atoms with Crippen LogP contribution in [0.4, 0.5) is 0 Å². The van der Waals surface area contributed by atoms with Crippen molar-refractivity contribution in [3.05, 3.63) is 0 Å². The van der Waals surface area contributed by atoms with Crippen molar-refractivity contribution in [3.8, 4) is 0 Å². The van der Waals surface area contributed by atoms with E-state index in [9.17, 15) is 0 Å². The fourth-order valence-corrected chi connectivity index (χ4v) is 0.581. The minimum absolute atomic E-state index is 0. The third-order valence-corrected chi connectivity index (χ3v) is 1.01. The van der Waals surface area contributed by atoms with Crippen LogP contribution >= 0.6 is 0 Å². The van der Waals surface area contributed by atoms with Crippen LogP contribution in [0.2, 0.25) is 0 Å². The summed E-state index contributed by atoms with van der Waals surface area (Å²) in [6.07, 6.45) is 0. The normalized spacial score (nSPS) is 10.5. The van der Waals surface area contributed by atoms with E-state index in [-0.39, 0.29) is 58.0 Å². The van der Waals surface area contributed by atoms with Crippen molar-refractivity contribution in [2.45, 2.75) is 6.92 Å². The summed E-state index contributed by atoms with van der Waals surface area (Å²) in [5.41, 5.74) is 0. The molecule has 0 fully saturated rings. The van der Waals surface area contributed by atoms with Crippen LogP contribution in [0.5, 0.6) is 0 Å². The maximum Gasteiger partial charge on any atom is 0.671 e. The second-order valence-corrected chi connectivity index (χ2v) is 2.44. The fraction of sp³-hybridized carbons (Fsp3) is 1.00. The second-order valence-electron chi connectivity index (χ2n) is 1.01. The van der Waals surface area contributed by atoms with Gasteiger partial charge in [-0.2, -0.15) is 0 Å². The van der Waals surface area contributed by atoms with Gasteiger partial charge < -0.3 is 18.8 Å². The monoisotopic (exact) mass is 163 g/mol. The van der Waals surface area contributed by atoms with Crippen LogP contribution in [0.3, 0.4) is 0 Å². The third kappa shape index (κ3) is 10.6. The molecule has 0 spiro atoms. The molecule has 0 aromatic heterocycles. The van der Waals surface area contributed by atoms with Crippen LogP contribution in [0.25, 0.3) is 0 Å². The Bertz CT molecular complexity index is 52.5. The molecule has 0 bridgehead atoms. The molecule has 3 N–H and O–H groups in total.